The zero-order valence-electron chi connectivity index (χ0n) is 13.6. The summed E-state index contributed by atoms with van der Waals surface area (Å²) in [4.78, 5) is 18.4. The number of nitrogens with zero attached hydrogens (tertiary/aromatic N) is 4. The van der Waals surface area contributed by atoms with Gasteiger partial charge in [-0.2, -0.15) is 0 Å². The third kappa shape index (κ3) is 4.95. The summed E-state index contributed by atoms with van der Waals surface area (Å²) in [7, 11) is 2.01. The van der Waals surface area contributed by atoms with Gasteiger partial charge < -0.3 is 14.9 Å². The van der Waals surface area contributed by atoms with E-state index in [2.05, 4.69) is 30.0 Å². The van der Waals surface area contributed by atoms with Crippen molar-refractivity contribution in [2.75, 3.05) is 13.1 Å². The molecule has 134 valence electrons. The zero-order valence-corrected chi connectivity index (χ0v) is 16.1. The van der Waals surface area contributed by atoms with Crippen molar-refractivity contribution in [3.63, 3.8) is 0 Å². The molecule has 2 aromatic heterocycles. The fourth-order valence-corrected chi connectivity index (χ4v) is 3.55. The monoisotopic (exact) mass is 392 g/mol. The SMILES string of the molecule is Cc1nc(CSc2nnc(C3CCNCC3)n2C)cc(=O)[nH]1.Cl.Cl. The van der Waals surface area contributed by atoms with Crippen LogP contribution in [0.25, 0.3) is 0 Å². The van der Waals surface area contributed by atoms with E-state index in [1.54, 1.807) is 18.7 Å². The largest absolute Gasteiger partial charge is 0.317 e. The summed E-state index contributed by atoms with van der Waals surface area (Å²) in [5.74, 6) is 2.78. The lowest BCUT2D eigenvalue weighted by Crippen LogP contribution is -2.27. The lowest BCUT2D eigenvalue weighted by molar-refractivity contribution is 0.434. The topological polar surface area (TPSA) is 88.5 Å². The van der Waals surface area contributed by atoms with E-state index in [0.717, 1.165) is 42.6 Å². The predicted molar refractivity (Wildman–Crippen MR) is 99.5 cm³/mol. The number of nitrogens with one attached hydrogen (secondary N) is 2. The number of aromatic amines is 1. The van der Waals surface area contributed by atoms with Gasteiger partial charge in [0, 0.05) is 24.8 Å². The van der Waals surface area contributed by atoms with Gasteiger partial charge in [-0.15, -0.1) is 35.0 Å². The van der Waals surface area contributed by atoms with E-state index in [4.69, 9.17) is 0 Å². The maximum absolute atomic E-state index is 11.5. The van der Waals surface area contributed by atoms with Crippen molar-refractivity contribution < 1.29 is 0 Å². The van der Waals surface area contributed by atoms with E-state index in [0.29, 0.717) is 17.5 Å². The van der Waals surface area contributed by atoms with Gasteiger partial charge in [-0.3, -0.25) is 4.79 Å². The standard InChI is InChI=1S/C14H20N6OS.2ClH/c1-9-16-11(7-12(21)17-9)8-22-14-19-18-13(20(14)2)10-3-5-15-6-4-10;;/h7,10,15H,3-6,8H2,1-2H3,(H,16,17,21);2*1H. The quantitative estimate of drug-likeness (QED) is 0.771. The molecule has 7 nitrogen and oxygen atoms in total. The van der Waals surface area contributed by atoms with Crippen molar-refractivity contribution in [2.45, 2.75) is 36.6 Å². The normalized spacial score (nSPS) is 14.8. The number of piperidine rings is 1. The Kier molecular flexibility index (Phi) is 8.21. The molecule has 10 heteroatoms. The molecular weight excluding hydrogens is 371 g/mol. The van der Waals surface area contributed by atoms with Crippen LogP contribution in [0.4, 0.5) is 0 Å². The minimum atomic E-state index is -0.114. The van der Waals surface area contributed by atoms with Crippen LogP contribution in [-0.2, 0) is 12.8 Å². The first-order valence-electron chi connectivity index (χ1n) is 7.43. The van der Waals surface area contributed by atoms with Gasteiger partial charge in [0.15, 0.2) is 5.16 Å². The fourth-order valence-electron chi connectivity index (χ4n) is 2.74. The van der Waals surface area contributed by atoms with Crippen molar-refractivity contribution in [1.82, 2.24) is 30.0 Å². The highest BCUT2D eigenvalue weighted by atomic mass is 35.5. The molecule has 0 aromatic carbocycles. The van der Waals surface area contributed by atoms with E-state index < -0.39 is 0 Å². The lowest BCUT2D eigenvalue weighted by atomic mass is 9.97. The van der Waals surface area contributed by atoms with Crippen molar-refractivity contribution in [3.8, 4) is 0 Å². The number of H-pyrrole nitrogens is 1. The van der Waals surface area contributed by atoms with Gasteiger partial charge in [-0.05, 0) is 32.9 Å². The Morgan fingerprint density at radius 2 is 2.00 bits per heavy atom. The Hall–Kier alpha value is -1.09. The number of thioether (sulfide) groups is 1. The van der Waals surface area contributed by atoms with Gasteiger partial charge >= 0.3 is 0 Å². The summed E-state index contributed by atoms with van der Waals surface area (Å²) in [5.41, 5.74) is 0.647. The average Bonchev–Trinajstić information content (AvgIpc) is 2.86. The molecule has 0 aliphatic carbocycles. The first-order valence-corrected chi connectivity index (χ1v) is 8.41. The van der Waals surface area contributed by atoms with Crippen molar-refractivity contribution in [1.29, 1.82) is 0 Å². The fraction of sp³-hybridized carbons (Fsp3) is 0.571. The summed E-state index contributed by atoms with van der Waals surface area (Å²) in [6.45, 7) is 3.86. The maximum atomic E-state index is 11.5. The van der Waals surface area contributed by atoms with Gasteiger partial charge in [0.25, 0.3) is 5.56 Å². The minimum absolute atomic E-state index is 0. The minimum Gasteiger partial charge on any atom is -0.317 e. The van der Waals surface area contributed by atoms with Crippen LogP contribution in [0.2, 0.25) is 0 Å². The number of rotatable bonds is 4. The van der Waals surface area contributed by atoms with E-state index in [1.165, 1.54) is 6.07 Å². The first-order chi connectivity index (χ1) is 10.6. The maximum Gasteiger partial charge on any atom is 0.251 e. The van der Waals surface area contributed by atoms with E-state index in [1.807, 2.05) is 7.05 Å². The number of aryl methyl sites for hydroxylation is 1. The van der Waals surface area contributed by atoms with Crippen LogP contribution < -0.4 is 10.9 Å². The molecule has 0 amide bonds. The van der Waals surface area contributed by atoms with E-state index >= 15 is 0 Å². The molecule has 0 bridgehead atoms. The van der Waals surface area contributed by atoms with Crippen LogP contribution in [0.15, 0.2) is 16.0 Å². The molecular formula is C14H22Cl2N6OS. The molecule has 24 heavy (non-hydrogen) atoms. The van der Waals surface area contributed by atoms with Crippen LogP contribution in [0.3, 0.4) is 0 Å². The highest BCUT2D eigenvalue weighted by Crippen LogP contribution is 2.27. The molecule has 0 saturated carbocycles. The second-order valence-corrected chi connectivity index (χ2v) is 6.48. The van der Waals surface area contributed by atoms with Gasteiger partial charge in [0.1, 0.15) is 11.6 Å². The average molecular weight is 393 g/mol. The molecule has 0 unspecified atom stereocenters. The Morgan fingerprint density at radius 3 is 2.67 bits per heavy atom. The summed E-state index contributed by atoms with van der Waals surface area (Å²) in [6.07, 6.45) is 2.21. The molecule has 1 aliphatic heterocycles. The second-order valence-electron chi connectivity index (χ2n) is 5.53. The van der Waals surface area contributed by atoms with Crippen molar-refractivity contribution in [3.05, 3.63) is 33.8 Å². The third-order valence-corrected chi connectivity index (χ3v) is 4.89. The Bertz CT molecular complexity index is 714. The molecule has 3 rings (SSSR count). The highest BCUT2D eigenvalue weighted by Gasteiger charge is 2.21. The molecule has 0 spiro atoms. The molecule has 0 radical (unpaired) electrons. The summed E-state index contributed by atoms with van der Waals surface area (Å²) < 4.78 is 2.07. The van der Waals surface area contributed by atoms with Crippen molar-refractivity contribution in [2.24, 2.45) is 7.05 Å². The van der Waals surface area contributed by atoms with Gasteiger partial charge in [0.2, 0.25) is 0 Å². The van der Waals surface area contributed by atoms with Crippen LogP contribution in [-0.4, -0.2) is 37.8 Å². The first kappa shape index (κ1) is 21.0. The van der Waals surface area contributed by atoms with Crippen LogP contribution >= 0.6 is 36.6 Å². The molecule has 1 fully saturated rings. The molecule has 2 N–H and O–H groups in total. The molecule has 2 aromatic rings. The molecule has 0 atom stereocenters. The van der Waals surface area contributed by atoms with Gasteiger partial charge in [-0.1, -0.05) is 11.8 Å². The van der Waals surface area contributed by atoms with Crippen LogP contribution in [0, 0.1) is 6.92 Å². The number of hydrogen-bond acceptors (Lipinski definition) is 6. The number of aromatic nitrogens is 5. The summed E-state index contributed by atoms with van der Waals surface area (Å²) in [5, 5.41) is 12.9. The molecule has 3 heterocycles. The molecule has 1 saturated heterocycles. The summed E-state index contributed by atoms with van der Waals surface area (Å²) in [6, 6.07) is 1.53. The van der Waals surface area contributed by atoms with E-state index in [-0.39, 0.29) is 30.4 Å². The number of halogens is 2. The Labute approximate surface area is 157 Å². The van der Waals surface area contributed by atoms with Crippen LogP contribution in [0.5, 0.6) is 0 Å². The predicted octanol–water partition coefficient (Wildman–Crippen LogP) is 1.81. The van der Waals surface area contributed by atoms with Gasteiger partial charge in [0.05, 0.1) is 5.69 Å². The summed E-state index contributed by atoms with van der Waals surface area (Å²) >= 11 is 1.56. The molecule has 1 aliphatic rings. The smallest absolute Gasteiger partial charge is 0.251 e. The highest BCUT2D eigenvalue weighted by molar-refractivity contribution is 7.98. The van der Waals surface area contributed by atoms with E-state index in [9.17, 15) is 4.79 Å². The Balaban J connectivity index is 0.00000144. The number of hydrogen-bond donors (Lipinski definition) is 2. The van der Waals surface area contributed by atoms with Gasteiger partial charge in [-0.25, -0.2) is 4.98 Å². The lowest BCUT2D eigenvalue weighted by Gasteiger charge is -2.21. The third-order valence-electron chi connectivity index (χ3n) is 3.84. The van der Waals surface area contributed by atoms with Crippen molar-refractivity contribution >= 4 is 36.6 Å². The second kappa shape index (κ2) is 9.41. The zero-order chi connectivity index (χ0) is 15.5. The Morgan fingerprint density at radius 1 is 1.29 bits per heavy atom. The van der Waals surface area contributed by atoms with Crippen LogP contribution in [0.1, 0.15) is 36.1 Å².